The molecule has 126 heavy (non-hydrogen) atoms. The van der Waals surface area contributed by atoms with Crippen molar-refractivity contribution in [2.75, 3.05) is 0 Å². The van der Waals surface area contributed by atoms with Gasteiger partial charge in [-0.2, -0.15) is 0 Å². The first kappa shape index (κ1) is 70.9. The molecule has 0 aliphatic carbocycles. The van der Waals surface area contributed by atoms with Gasteiger partial charge in [0.05, 0.1) is 66.6 Å². The van der Waals surface area contributed by atoms with E-state index < -0.39 is 0 Å². The van der Waals surface area contributed by atoms with Crippen LogP contribution in [0.5, 0.6) is 0 Å². The summed E-state index contributed by atoms with van der Waals surface area (Å²) in [4.78, 5) is 21.6. The van der Waals surface area contributed by atoms with Gasteiger partial charge >= 0.3 is 0 Å². The van der Waals surface area contributed by atoms with Crippen molar-refractivity contribution in [3.63, 3.8) is 0 Å². The van der Waals surface area contributed by atoms with E-state index in [0.717, 1.165) is 88.5 Å². The first-order valence-corrected chi connectivity index (χ1v) is 43.1. The monoisotopic (exact) mass is 1600 g/mol. The minimum atomic E-state index is 0.656. The molecule has 0 spiro atoms. The maximum Gasteiger partial charge on any atom is 0.235 e. The summed E-state index contributed by atoms with van der Waals surface area (Å²) in [6.45, 7) is 0. The van der Waals surface area contributed by atoms with Crippen LogP contribution in [-0.2, 0) is 0 Å². The number of para-hydroxylation sites is 7. The molecule has 6 heterocycles. The van der Waals surface area contributed by atoms with E-state index >= 15 is 0 Å². The standard InChI is InChI=1S/C62H38N4.C56H34N4/c1-3-17-39(18-4-1)40-31-34-43(35-32-40)65-55-29-15-12-23-46(55)52-37-42(33-36-57(52)65)51-38-53-45-22-8-10-25-48(45)61-59(58(53)47-24-9-7-21-44(47)51)50-27-13-16-30-56(50)66(61)62-63-54-28-14-11-26-49(54)60(64-62)41-19-5-2-6-20-41;1-3-17-35(18-4-1)54-43-26-11-14-28-48(43)57-56(58-54)60-50-30-16-13-27-44(50)53-52-41-24-9-7-21-38(41)45(34-47(52)39-22-8-10-25-42(39)55(53)60)36-31-32-51-46(33-36)40-23-12-15-29-49(40)59(51)37-19-5-2-6-20-37/h1-38H;1-34H. The van der Waals surface area contributed by atoms with Crippen LogP contribution in [0.4, 0.5) is 0 Å². The van der Waals surface area contributed by atoms with Crippen LogP contribution in [0, 0.1) is 0 Å². The molecule has 0 bridgehead atoms. The molecule has 27 aromatic rings. The number of rotatable bonds is 9. The van der Waals surface area contributed by atoms with Crippen molar-refractivity contribution in [1.29, 1.82) is 0 Å². The summed E-state index contributed by atoms with van der Waals surface area (Å²) < 4.78 is 9.41. The summed E-state index contributed by atoms with van der Waals surface area (Å²) in [6, 6.07) is 158. The molecule has 8 heteroatoms. The number of aromatic nitrogens is 8. The minimum Gasteiger partial charge on any atom is -0.309 e. The summed E-state index contributed by atoms with van der Waals surface area (Å²) in [5.74, 6) is 1.32. The number of fused-ring (bicyclic) bond motifs is 28. The van der Waals surface area contributed by atoms with Crippen LogP contribution in [-0.4, -0.2) is 38.2 Å². The number of hydrogen-bond acceptors (Lipinski definition) is 4. The zero-order valence-electron chi connectivity index (χ0n) is 68.1. The van der Waals surface area contributed by atoms with Crippen LogP contribution in [0.1, 0.15) is 0 Å². The highest BCUT2D eigenvalue weighted by atomic mass is 15.2. The molecule has 0 fully saturated rings. The number of benzene rings is 21. The minimum absolute atomic E-state index is 0.656. The molecule has 0 aliphatic rings. The van der Waals surface area contributed by atoms with Gasteiger partial charge in [-0.15, -0.1) is 0 Å². The molecule has 21 aromatic carbocycles. The lowest BCUT2D eigenvalue weighted by atomic mass is 9.88. The Hall–Kier alpha value is -16.9. The molecular formula is C118H72N8. The van der Waals surface area contributed by atoms with Crippen LogP contribution in [0.3, 0.4) is 0 Å². The average Bonchev–Trinajstić information content (AvgIpc) is 1.52. The van der Waals surface area contributed by atoms with Crippen molar-refractivity contribution in [2.24, 2.45) is 0 Å². The summed E-state index contributed by atoms with van der Waals surface area (Å²) in [5, 5.41) is 26.3. The fraction of sp³-hybridized carbons (Fsp3) is 0. The summed E-state index contributed by atoms with van der Waals surface area (Å²) in [7, 11) is 0. The topological polar surface area (TPSA) is 71.3 Å². The van der Waals surface area contributed by atoms with Gasteiger partial charge in [-0.25, -0.2) is 19.9 Å². The van der Waals surface area contributed by atoms with Gasteiger partial charge in [0.25, 0.3) is 0 Å². The van der Waals surface area contributed by atoms with Gasteiger partial charge in [0.2, 0.25) is 11.9 Å². The molecule has 0 saturated heterocycles. The lowest BCUT2D eigenvalue weighted by Gasteiger charge is -2.16. The fourth-order valence-electron chi connectivity index (χ4n) is 20.8. The van der Waals surface area contributed by atoms with Crippen LogP contribution in [0.2, 0.25) is 0 Å². The Kier molecular flexibility index (Phi) is 15.9. The highest BCUT2D eigenvalue weighted by Gasteiger charge is 2.28. The predicted octanol–water partition coefficient (Wildman–Crippen LogP) is 30.9. The maximum atomic E-state index is 5.45. The van der Waals surface area contributed by atoms with Crippen LogP contribution >= 0.6 is 0 Å². The number of nitrogens with zero attached hydrogens (tertiary/aromatic N) is 8. The molecule has 8 nitrogen and oxygen atoms in total. The lowest BCUT2D eigenvalue weighted by molar-refractivity contribution is 1.02. The predicted molar refractivity (Wildman–Crippen MR) is 529 cm³/mol. The first-order valence-electron chi connectivity index (χ1n) is 43.1. The molecule has 0 amide bonds. The Morgan fingerprint density at radius 1 is 0.151 bits per heavy atom. The number of hydrogen-bond donors (Lipinski definition) is 0. The Balaban J connectivity index is 0.000000135. The van der Waals surface area contributed by atoms with Gasteiger partial charge in [0.15, 0.2) is 0 Å². The fourth-order valence-corrected chi connectivity index (χ4v) is 20.8. The van der Waals surface area contributed by atoms with E-state index in [1.165, 1.54) is 152 Å². The summed E-state index contributed by atoms with van der Waals surface area (Å²) in [6.07, 6.45) is 0. The van der Waals surface area contributed by atoms with E-state index in [9.17, 15) is 0 Å². The van der Waals surface area contributed by atoms with Crippen molar-refractivity contribution >= 4 is 174 Å². The second-order valence-corrected chi connectivity index (χ2v) is 33.0. The Morgan fingerprint density at radius 3 is 0.865 bits per heavy atom. The van der Waals surface area contributed by atoms with E-state index in [2.05, 4.69) is 455 Å². The van der Waals surface area contributed by atoms with Crippen LogP contribution in [0.25, 0.3) is 253 Å². The van der Waals surface area contributed by atoms with Gasteiger partial charge in [0.1, 0.15) is 0 Å². The molecule has 0 radical (unpaired) electrons. The van der Waals surface area contributed by atoms with E-state index in [4.69, 9.17) is 19.9 Å². The van der Waals surface area contributed by atoms with E-state index in [1.54, 1.807) is 0 Å². The van der Waals surface area contributed by atoms with Crippen molar-refractivity contribution in [2.45, 2.75) is 0 Å². The molecule has 0 N–H and O–H groups in total. The molecule has 584 valence electrons. The Labute approximate surface area is 722 Å². The van der Waals surface area contributed by atoms with Crippen molar-refractivity contribution in [3.8, 4) is 79.2 Å². The molecule has 0 atom stereocenters. The molecule has 0 aliphatic heterocycles. The third-order valence-electron chi connectivity index (χ3n) is 26.2. The normalized spacial score (nSPS) is 12.0. The zero-order valence-corrected chi connectivity index (χ0v) is 68.1. The van der Waals surface area contributed by atoms with Gasteiger partial charge in [-0.3, -0.25) is 9.13 Å². The average molecular weight is 1600 g/mol. The van der Waals surface area contributed by atoms with Gasteiger partial charge in [0, 0.05) is 97.9 Å². The second-order valence-electron chi connectivity index (χ2n) is 33.0. The largest absolute Gasteiger partial charge is 0.309 e. The maximum absolute atomic E-state index is 5.45. The zero-order chi connectivity index (χ0) is 82.6. The highest BCUT2D eigenvalue weighted by molar-refractivity contribution is 6.40. The van der Waals surface area contributed by atoms with Crippen LogP contribution < -0.4 is 0 Å². The van der Waals surface area contributed by atoms with Crippen molar-refractivity contribution < 1.29 is 0 Å². The smallest absolute Gasteiger partial charge is 0.235 e. The van der Waals surface area contributed by atoms with Gasteiger partial charge in [-0.1, -0.05) is 340 Å². The Bertz CT molecular complexity index is 9200. The quantitative estimate of drug-likeness (QED) is 0.135. The van der Waals surface area contributed by atoms with E-state index in [0.29, 0.717) is 11.9 Å². The third-order valence-corrected chi connectivity index (χ3v) is 26.2. The van der Waals surface area contributed by atoms with Crippen LogP contribution in [0.15, 0.2) is 437 Å². The van der Waals surface area contributed by atoms with Gasteiger partial charge < -0.3 is 9.13 Å². The molecule has 6 aromatic heterocycles. The lowest BCUT2D eigenvalue weighted by Crippen LogP contribution is -2.03. The first-order chi connectivity index (χ1) is 62.6. The molecule has 0 unspecified atom stereocenters. The SMILES string of the molecule is c1ccc(-c2ccc(-n3c4ccccc4c4cc(-c5cc6c7ccccc7c7c(c8ccccc8n7-c7nc(-c8ccccc8)c8ccccc8n7)c6c6ccccc56)ccc43)cc2)cc1.c1ccc(-c2nc(-n3c4ccccc4c4c5c6ccccc6c(-c6ccc7c(c6)c6ccccc6n7-c6ccccc6)cc5c5ccccc5c43)nc3ccccc23)cc1. The summed E-state index contributed by atoms with van der Waals surface area (Å²) >= 11 is 0. The molecule has 27 rings (SSSR count). The highest BCUT2D eigenvalue weighted by Crippen LogP contribution is 2.51. The summed E-state index contributed by atoms with van der Waals surface area (Å²) in [5.41, 5.74) is 24.5. The Morgan fingerprint density at radius 2 is 0.444 bits per heavy atom. The van der Waals surface area contributed by atoms with E-state index in [1.807, 2.05) is 0 Å². The third kappa shape index (κ3) is 10.9. The molecule has 0 saturated carbocycles. The second kappa shape index (κ2) is 28.3. The van der Waals surface area contributed by atoms with Crippen molar-refractivity contribution in [3.05, 3.63) is 437 Å². The molecular weight excluding hydrogens is 1530 g/mol. The van der Waals surface area contributed by atoms with Crippen molar-refractivity contribution in [1.82, 2.24) is 38.2 Å². The van der Waals surface area contributed by atoms with Gasteiger partial charge in [-0.05, 0) is 174 Å². The van der Waals surface area contributed by atoms with E-state index in [-0.39, 0.29) is 0 Å².